The summed E-state index contributed by atoms with van der Waals surface area (Å²) in [4.78, 5) is 16.4. The Morgan fingerprint density at radius 2 is 1.78 bits per heavy atom. The molecule has 1 amide bonds. The van der Waals surface area contributed by atoms with Crippen LogP contribution in [-0.2, 0) is 11.4 Å². The van der Waals surface area contributed by atoms with E-state index in [0.717, 1.165) is 5.56 Å². The molecule has 1 N–H and O–H groups in total. The van der Waals surface area contributed by atoms with Gasteiger partial charge in [-0.05, 0) is 29.8 Å². The standard InChI is InChI=1S/C21H20N2O4/c1-25-17-9-5-10-18(13-17)26-15-20(24)23-21-19(11-6-12-22-21)27-14-16-7-3-2-4-8-16/h2-13H,14-15H2,1H3,(H,22,23,24). The number of nitrogens with zero attached hydrogens (tertiary/aromatic N) is 1. The number of nitrogens with one attached hydrogen (secondary N) is 1. The van der Waals surface area contributed by atoms with Crippen LogP contribution in [0.25, 0.3) is 0 Å². The fourth-order valence-electron chi connectivity index (χ4n) is 2.34. The van der Waals surface area contributed by atoms with Crippen molar-refractivity contribution < 1.29 is 19.0 Å². The summed E-state index contributed by atoms with van der Waals surface area (Å²) >= 11 is 0. The first-order valence-corrected chi connectivity index (χ1v) is 8.43. The Labute approximate surface area is 157 Å². The Balaban J connectivity index is 1.57. The number of hydrogen-bond acceptors (Lipinski definition) is 5. The van der Waals surface area contributed by atoms with Crippen LogP contribution >= 0.6 is 0 Å². The molecule has 3 rings (SSSR count). The number of pyridine rings is 1. The van der Waals surface area contributed by atoms with E-state index < -0.39 is 0 Å². The van der Waals surface area contributed by atoms with Crippen molar-refractivity contribution in [3.05, 3.63) is 78.5 Å². The molecule has 0 radical (unpaired) electrons. The third-order valence-electron chi connectivity index (χ3n) is 3.68. The van der Waals surface area contributed by atoms with Gasteiger partial charge in [0.1, 0.15) is 18.1 Å². The van der Waals surface area contributed by atoms with Crippen LogP contribution in [-0.4, -0.2) is 24.6 Å². The van der Waals surface area contributed by atoms with Crippen LogP contribution in [0.3, 0.4) is 0 Å². The van der Waals surface area contributed by atoms with E-state index in [1.165, 1.54) is 0 Å². The molecule has 138 valence electrons. The average Bonchev–Trinajstić information content (AvgIpc) is 2.72. The lowest BCUT2D eigenvalue weighted by Crippen LogP contribution is -2.21. The number of carbonyl (C=O) groups is 1. The molecule has 0 fully saturated rings. The van der Waals surface area contributed by atoms with Crippen molar-refractivity contribution in [2.24, 2.45) is 0 Å². The summed E-state index contributed by atoms with van der Waals surface area (Å²) in [6.45, 7) is 0.234. The number of anilines is 1. The van der Waals surface area contributed by atoms with Crippen molar-refractivity contribution in [2.45, 2.75) is 6.61 Å². The van der Waals surface area contributed by atoms with Gasteiger partial charge < -0.3 is 19.5 Å². The van der Waals surface area contributed by atoms with Crippen LogP contribution in [0.5, 0.6) is 17.2 Å². The van der Waals surface area contributed by atoms with Gasteiger partial charge in [0.25, 0.3) is 5.91 Å². The molecule has 0 spiro atoms. The van der Waals surface area contributed by atoms with Gasteiger partial charge in [0.2, 0.25) is 0 Å². The molecule has 0 aliphatic rings. The summed E-state index contributed by atoms with van der Waals surface area (Å²) in [5.74, 6) is 1.73. The normalized spacial score (nSPS) is 10.1. The van der Waals surface area contributed by atoms with Gasteiger partial charge in [0.05, 0.1) is 7.11 Å². The van der Waals surface area contributed by atoms with E-state index in [2.05, 4.69) is 10.3 Å². The molecule has 0 aliphatic heterocycles. The minimum atomic E-state index is -0.332. The number of carbonyl (C=O) groups excluding carboxylic acids is 1. The van der Waals surface area contributed by atoms with Crippen molar-refractivity contribution in [3.8, 4) is 17.2 Å². The molecule has 6 heteroatoms. The fraction of sp³-hybridized carbons (Fsp3) is 0.143. The summed E-state index contributed by atoms with van der Waals surface area (Å²) in [7, 11) is 1.57. The summed E-state index contributed by atoms with van der Waals surface area (Å²) in [5.41, 5.74) is 1.03. The highest BCUT2D eigenvalue weighted by atomic mass is 16.5. The minimum absolute atomic E-state index is 0.151. The first-order valence-electron chi connectivity index (χ1n) is 8.43. The maximum Gasteiger partial charge on any atom is 0.263 e. The second-order valence-corrected chi connectivity index (χ2v) is 5.64. The highest BCUT2D eigenvalue weighted by molar-refractivity contribution is 5.92. The molecular weight excluding hydrogens is 344 g/mol. The molecule has 0 saturated carbocycles. The minimum Gasteiger partial charge on any atom is -0.497 e. The molecule has 1 aromatic heterocycles. The fourth-order valence-corrected chi connectivity index (χ4v) is 2.34. The number of amides is 1. The smallest absolute Gasteiger partial charge is 0.263 e. The largest absolute Gasteiger partial charge is 0.497 e. The molecule has 0 atom stereocenters. The molecule has 0 bridgehead atoms. The van der Waals surface area contributed by atoms with E-state index in [4.69, 9.17) is 14.2 Å². The van der Waals surface area contributed by atoms with Gasteiger partial charge >= 0.3 is 0 Å². The van der Waals surface area contributed by atoms with E-state index in [1.54, 1.807) is 49.7 Å². The van der Waals surface area contributed by atoms with Crippen molar-refractivity contribution >= 4 is 11.7 Å². The van der Waals surface area contributed by atoms with Crippen molar-refractivity contribution in [2.75, 3.05) is 19.0 Å². The first-order chi connectivity index (χ1) is 13.2. The van der Waals surface area contributed by atoms with Crippen molar-refractivity contribution in [3.63, 3.8) is 0 Å². The third kappa shape index (κ3) is 5.47. The van der Waals surface area contributed by atoms with Gasteiger partial charge in [-0.2, -0.15) is 0 Å². The number of hydrogen-bond donors (Lipinski definition) is 1. The van der Waals surface area contributed by atoms with E-state index in [1.807, 2.05) is 30.3 Å². The Morgan fingerprint density at radius 3 is 2.59 bits per heavy atom. The van der Waals surface area contributed by atoms with E-state index >= 15 is 0 Å². The van der Waals surface area contributed by atoms with Crippen LogP contribution in [0.2, 0.25) is 0 Å². The zero-order valence-corrected chi connectivity index (χ0v) is 14.9. The van der Waals surface area contributed by atoms with Crippen LogP contribution in [0.4, 0.5) is 5.82 Å². The Hall–Kier alpha value is -3.54. The highest BCUT2D eigenvalue weighted by Crippen LogP contribution is 2.22. The zero-order valence-electron chi connectivity index (χ0n) is 14.9. The number of benzene rings is 2. The van der Waals surface area contributed by atoms with Gasteiger partial charge in [-0.1, -0.05) is 36.4 Å². The number of aromatic nitrogens is 1. The second-order valence-electron chi connectivity index (χ2n) is 5.64. The molecule has 2 aromatic carbocycles. The molecule has 0 saturated heterocycles. The van der Waals surface area contributed by atoms with Crippen LogP contribution in [0, 0.1) is 0 Å². The second kappa shape index (κ2) is 9.24. The van der Waals surface area contributed by atoms with E-state index in [9.17, 15) is 4.79 Å². The molecule has 0 unspecified atom stereocenters. The monoisotopic (exact) mass is 364 g/mol. The van der Waals surface area contributed by atoms with Crippen molar-refractivity contribution in [1.82, 2.24) is 4.98 Å². The Morgan fingerprint density at radius 1 is 0.963 bits per heavy atom. The predicted molar refractivity (Wildman–Crippen MR) is 102 cm³/mol. The average molecular weight is 364 g/mol. The summed E-state index contributed by atoms with van der Waals surface area (Å²) in [6.07, 6.45) is 1.59. The van der Waals surface area contributed by atoms with E-state index in [0.29, 0.717) is 29.7 Å². The molecule has 6 nitrogen and oxygen atoms in total. The lowest BCUT2D eigenvalue weighted by molar-refractivity contribution is -0.118. The molecular formula is C21H20N2O4. The zero-order chi connectivity index (χ0) is 18.9. The maximum atomic E-state index is 12.2. The Bertz CT molecular complexity index is 884. The van der Waals surface area contributed by atoms with Crippen LogP contribution < -0.4 is 19.5 Å². The maximum absolute atomic E-state index is 12.2. The van der Waals surface area contributed by atoms with Gasteiger partial charge in [-0.15, -0.1) is 0 Å². The molecule has 27 heavy (non-hydrogen) atoms. The van der Waals surface area contributed by atoms with Gasteiger partial charge in [0, 0.05) is 12.3 Å². The van der Waals surface area contributed by atoms with Crippen LogP contribution in [0.1, 0.15) is 5.56 Å². The predicted octanol–water partition coefficient (Wildman–Crippen LogP) is 3.69. The summed E-state index contributed by atoms with van der Waals surface area (Å²) in [5, 5.41) is 2.71. The lowest BCUT2D eigenvalue weighted by atomic mass is 10.2. The lowest BCUT2D eigenvalue weighted by Gasteiger charge is -2.12. The highest BCUT2D eigenvalue weighted by Gasteiger charge is 2.10. The first kappa shape index (κ1) is 18.3. The SMILES string of the molecule is COc1cccc(OCC(=O)Nc2ncccc2OCc2ccccc2)c1. The van der Waals surface area contributed by atoms with Crippen LogP contribution in [0.15, 0.2) is 72.9 Å². The number of rotatable bonds is 8. The van der Waals surface area contributed by atoms with E-state index in [-0.39, 0.29) is 12.5 Å². The third-order valence-corrected chi connectivity index (χ3v) is 3.68. The Kier molecular flexibility index (Phi) is 6.25. The quantitative estimate of drug-likeness (QED) is 0.660. The summed E-state index contributed by atoms with van der Waals surface area (Å²) < 4.78 is 16.4. The topological polar surface area (TPSA) is 69.7 Å². The number of methoxy groups -OCH3 is 1. The van der Waals surface area contributed by atoms with Gasteiger partial charge in [-0.25, -0.2) is 4.98 Å². The molecule has 0 aliphatic carbocycles. The van der Waals surface area contributed by atoms with Crippen molar-refractivity contribution in [1.29, 1.82) is 0 Å². The van der Waals surface area contributed by atoms with Gasteiger partial charge in [-0.3, -0.25) is 4.79 Å². The van der Waals surface area contributed by atoms with Gasteiger partial charge in [0.15, 0.2) is 18.2 Å². The number of ether oxygens (including phenoxy) is 3. The summed E-state index contributed by atoms with van der Waals surface area (Å²) in [6, 6.07) is 20.3. The molecule has 3 aromatic rings. The molecule has 1 heterocycles.